The lowest BCUT2D eigenvalue weighted by atomic mass is 9.74. The molecule has 2 aromatic carbocycles. The average Bonchev–Trinajstić information content (AvgIpc) is 3.26. The molecule has 2 heterocycles. The molecule has 158 valence electrons. The number of fused-ring (bicyclic) bond motifs is 8. The van der Waals surface area contributed by atoms with E-state index in [4.69, 9.17) is 4.74 Å². The van der Waals surface area contributed by atoms with Crippen molar-refractivity contribution in [3.05, 3.63) is 70.8 Å². The highest BCUT2D eigenvalue weighted by Crippen LogP contribution is 2.60. The standard InChI is InChI=1S/C27H34N2O/c1-19-16-29(17-20(2)30-19)21-11-13-28(14-12-21)18-27-15-24(22-7-3-5-9-25(22)27)23-8-4-6-10-26(23)27/h3-10,19-21,24H,11-18H2,1-2H3/t19-,20+,24?,27?. The van der Waals surface area contributed by atoms with Crippen LogP contribution in [0.2, 0.25) is 0 Å². The van der Waals surface area contributed by atoms with E-state index in [0.29, 0.717) is 18.1 Å². The number of hydrogen-bond acceptors (Lipinski definition) is 3. The summed E-state index contributed by atoms with van der Waals surface area (Å²) in [6, 6.07) is 19.3. The molecule has 2 saturated heterocycles. The molecule has 2 aliphatic carbocycles. The molecule has 0 saturated carbocycles. The van der Waals surface area contributed by atoms with Crippen LogP contribution in [0.5, 0.6) is 0 Å². The molecule has 2 aromatic rings. The van der Waals surface area contributed by atoms with Crippen molar-refractivity contribution in [1.82, 2.24) is 9.80 Å². The topological polar surface area (TPSA) is 15.7 Å². The molecule has 3 nitrogen and oxygen atoms in total. The smallest absolute Gasteiger partial charge is 0.0678 e. The van der Waals surface area contributed by atoms with E-state index in [0.717, 1.165) is 19.1 Å². The summed E-state index contributed by atoms with van der Waals surface area (Å²) >= 11 is 0. The van der Waals surface area contributed by atoms with Crippen LogP contribution in [0.1, 0.15) is 61.3 Å². The zero-order valence-corrected chi connectivity index (χ0v) is 18.4. The molecule has 0 N–H and O–H groups in total. The van der Waals surface area contributed by atoms with Gasteiger partial charge in [-0.2, -0.15) is 0 Å². The first kappa shape index (κ1) is 19.0. The first-order valence-corrected chi connectivity index (χ1v) is 11.9. The summed E-state index contributed by atoms with van der Waals surface area (Å²) in [6.45, 7) is 10.3. The fraction of sp³-hybridized carbons (Fsp3) is 0.556. The van der Waals surface area contributed by atoms with E-state index >= 15 is 0 Å². The van der Waals surface area contributed by atoms with E-state index in [1.165, 1.54) is 38.9 Å². The number of piperidine rings is 1. The Bertz CT molecular complexity index is 874. The maximum atomic E-state index is 5.96. The lowest BCUT2D eigenvalue weighted by Gasteiger charge is -2.45. The summed E-state index contributed by atoms with van der Waals surface area (Å²) in [5.74, 6) is 0.603. The van der Waals surface area contributed by atoms with Gasteiger partial charge in [-0.25, -0.2) is 0 Å². The molecule has 2 bridgehead atoms. The lowest BCUT2D eigenvalue weighted by molar-refractivity contribution is -0.0866. The van der Waals surface area contributed by atoms with Gasteiger partial charge < -0.3 is 9.64 Å². The largest absolute Gasteiger partial charge is 0.373 e. The Kier molecular flexibility index (Phi) is 4.56. The van der Waals surface area contributed by atoms with Gasteiger partial charge >= 0.3 is 0 Å². The lowest BCUT2D eigenvalue weighted by Crippen LogP contribution is -2.54. The number of likely N-dealkylation sites (tertiary alicyclic amines) is 1. The molecule has 0 radical (unpaired) electrons. The highest BCUT2D eigenvalue weighted by Gasteiger charge is 2.53. The molecular weight excluding hydrogens is 368 g/mol. The number of ether oxygens (including phenoxy) is 1. The minimum Gasteiger partial charge on any atom is -0.373 e. The second-order valence-electron chi connectivity index (χ2n) is 10.2. The molecule has 0 aromatic heterocycles. The highest BCUT2D eigenvalue weighted by molar-refractivity contribution is 5.62. The predicted octanol–water partition coefficient (Wildman–Crippen LogP) is 4.40. The summed E-state index contributed by atoms with van der Waals surface area (Å²) in [5, 5.41) is 0. The van der Waals surface area contributed by atoms with Gasteiger partial charge in [-0.1, -0.05) is 48.5 Å². The quantitative estimate of drug-likeness (QED) is 0.757. The van der Waals surface area contributed by atoms with Gasteiger partial charge in [0.1, 0.15) is 0 Å². The molecule has 0 unspecified atom stereocenters. The molecule has 3 heteroatoms. The third-order valence-electron chi connectivity index (χ3n) is 8.27. The van der Waals surface area contributed by atoms with Crippen LogP contribution in [0.15, 0.2) is 48.5 Å². The van der Waals surface area contributed by atoms with Gasteiger partial charge in [-0.3, -0.25) is 4.90 Å². The summed E-state index contributed by atoms with van der Waals surface area (Å²) in [4.78, 5) is 5.48. The van der Waals surface area contributed by atoms with E-state index in [1.807, 2.05) is 0 Å². The molecule has 2 fully saturated rings. The number of morpholine rings is 1. The van der Waals surface area contributed by atoms with Crippen molar-refractivity contribution in [3.63, 3.8) is 0 Å². The molecule has 0 amide bonds. The van der Waals surface area contributed by atoms with Crippen LogP contribution in [0, 0.1) is 0 Å². The SMILES string of the molecule is C[C@@H]1CN(C2CCN(CC34CC(c5ccccc53)c3ccccc34)CC2)C[C@H](C)O1. The zero-order valence-electron chi connectivity index (χ0n) is 18.4. The predicted molar refractivity (Wildman–Crippen MR) is 121 cm³/mol. The average molecular weight is 403 g/mol. The molecule has 30 heavy (non-hydrogen) atoms. The Morgan fingerprint density at radius 3 is 2.03 bits per heavy atom. The first-order valence-electron chi connectivity index (χ1n) is 11.9. The van der Waals surface area contributed by atoms with Crippen molar-refractivity contribution in [2.45, 2.75) is 62.7 Å². The fourth-order valence-corrected chi connectivity index (χ4v) is 7.15. The van der Waals surface area contributed by atoms with Gasteiger partial charge in [0.2, 0.25) is 0 Å². The Labute approximate surface area is 181 Å². The fourth-order valence-electron chi connectivity index (χ4n) is 7.15. The van der Waals surface area contributed by atoms with Crippen LogP contribution in [-0.4, -0.2) is 60.8 Å². The Morgan fingerprint density at radius 2 is 1.43 bits per heavy atom. The van der Waals surface area contributed by atoms with E-state index in [1.54, 1.807) is 22.3 Å². The minimum atomic E-state index is 0.201. The summed E-state index contributed by atoms with van der Waals surface area (Å²) in [5.41, 5.74) is 6.58. The molecule has 0 spiro atoms. The van der Waals surface area contributed by atoms with Gasteiger partial charge in [0.05, 0.1) is 12.2 Å². The molecule has 2 atom stereocenters. The minimum absolute atomic E-state index is 0.201. The van der Waals surface area contributed by atoms with Crippen molar-refractivity contribution in [2.24, 2.45) is 0 Å². The second kappa shape index (κ2) is 7.19. The van der Waals surface area contributed by atoms with Gasteiger partial charge in [-0.05, 0) is 68.5 Å². The molecular formula is C27H34N2O. The second-order valence-corrected chi connectivity index (χ2v) is 10.2. The third kappa shape index (κ3) is 2.90. The Balaban J connectivity index is 1.21. The van der Waals surface area contributed by atoms with Gasteiger partial charge in [0.25, 0.3) is 0 Å². The van der Waals surface area contributed by atoms with Crippen molar-refractivity contribution in [1.29, 1.82) is 0 Å². The van der Waals surface area contributed by atoms with Gasteiger partial charge in [0, 0.05) is 37.0 Å². The van der Waals surface area contributed by atoms with Crippen LogP contribution in [0.3, 0.4) is 0 Å². The van der Waals surface area contributed by atoms with Crippen molar-refractivity contribution >= 4 is 0 Å². The van der Waals surface area contributed by atoms with E-state index in [9.17, 15) is 0 Å². The van der Waals surface area contributed by atoms with Crippen LogP contribution >= 0.6 is 0 Å². The molecule has 6 rings (SSSR count). The van der Waals surface area contributed by atoms with E-state index in [-0.39, 0.29) is 5.41 Å². The first-order chi connectivity index (χ1) is 14.6. The van der Waals surface area contributed by atoms with Crippen molar-refractivity contribution in [2.75, 3.05) is 32.7 Å². The maximum Gasteiger partial charge on any atom is 0.0678 e. The van der Waals surface area contributed by atoms with Crippen LogP contribution in [0.4, 0.5) is 0 Å². The summed E-state index contributed by atoms with van der Waals surface area (Å²) in [7, 11) is 0. The van der Waals surface area contributed by atoms with Crippen LogP contribution in [-0.2, 0) is 10.2 Å². The van der Waals surface area contributed by atoms with Crippen molar-refractivity contribution < 1.29 is 4.74 Å². The Morgan fingerprint density at radius 1 is 0.867 bits per heavy atom. The van der Waals surface area contributed by atoms with Crippen LogP contribution < -0.4 is 0 Å². The zero-order chi connectivity index (χ0) is 20.3. The molecule has 2 aliphatic heterocycles. The van der Waals surface area contributed by atoms with Gasteiger partial charge in [0.15, 0.2) is 0 Å². The van der Waals surface area contributed by atoms with Crippen molar-refractivity contribution in [3.8, 4) is 0 Å². The Hall–Kier alpha value is -1.68. The van der Waals surface area contributed by atoms with Gasteiger partial charge in [-0.15, -0.1) is 0 Å². The summed E-state index contributed by atoms with van der Waals surface area (Å²) < 4.78 is 5.96. The number of rotatable bonds is 3. The maximum absolute atomic E-state index is 5.96. The highest BCUT2D eigenvalue weighted by atomic mass is 16.5. The van der Waals surface area contributed by atoms with E-state index in [2.05, 4.69) is 72.2 Å². The van der Waals surface area contributed by atoms with Crippen LogP contribution in [0.25, 0.3) is 0 Å². The summed E-state index contributed by atoms with van der Waals surface area (Å²) in [6.07, 6.45) is 4.59. The number of hydrogen-bond donors (Lipinski definition) is 0. The monoisotopic (exact) mass is 402 g/mol. The molecule has 4 aliphatic rings. The third-order valence-corrected chi connectivity index (χ3v) is 8.27. The number of benzene rings is 2. The van der Waals surface area contributed by atoms with E-state index < -0.39 is 0 Å². The number of nitrogens with zero attached hydrogens (tertiary/aromatic N) is 2. The normalized spacial score (nSPS) is 34.1.